The average Bonchev–Trinajstić information content (AvgIpc) is 2.01. The van der Waals surface area contributed by atoms with Crippen molar-refractivity contribution in [2.75, 3.05) is 14.1 Å². The zero-order chi connectivity index (χ0) is 10.7. The Balaban J connectivity index is 3.09. The molecule has 0 aromatic heterocycles. The Labute approximate surface area is 111 Å². The first kappa shape index (κ1) is 12.3. The molecule has 0 atom stereocenters. The fraction of sp³-hybridized carbons (Fsp3) is 0.222. The monoisotopic (exact) mass is 386 g/mol. The van der Waals surface area contributed by atoms with Crippen molar-refractivity contribution < 1.29 is 0 Å². The molecule has 1 aromatic rings. The molecule has 0 aliphatic rings. The van der Waals surface area contributed by atoms with Crippen molar-refractivity contribution in [3.05, 3.63) is 25.2 Å². The van der Waals surface area contributed by atoms with Gasteiger partial charge in [-0.25, -0.2) is 4.99 Å². The van der Waals surface area contributed by atoms with Gasteiger partial charge in [-0.2, -0.15) is 0 Å². The molecule has 0 spiro atoms. The van der Waals surface area contributed by atoms with E-state index in [1.165, 1.54) is 0 Å². The normalized spacial score (nSPS) is 10.9. The van der Waals surface area contributed by atoms with Gasteiger partial charge in [0.1, 0.15) is 0 Å². The largest absolute Gasteiger partial charge is 0.369 e. The Hall–Kier alpha value is 0.190. The summed E-state index contributed by atoms with van der Waals surface area (Å²) in [7, 11) is 3.86. The zero-order valence-electron chi connectivity index (χ0n) is 7.76. The lowest BCUT2D eigenvalue weighted by Gasteiger charge is -2.05. The van der Waals surface area contributed by atoms with Crippen molar-refractivity contribution in [1.29, 1.82) is 0 Å². The summed E-state index contributed by atoms with van der Waals surface area (Å²) in [5.74, 6) is 0. The number of aliphatic imine (C=N–C) groups is 1. The molecule has 2 nitrogen and oxygen atoms in total. The third-order valence-corrected chi connectivity index (χ3v) is 3.04. The van der Waals surface area contributed by atoms with Gasteiger partial charge in [0.05, 0.1) is 12.0 Å². The van der Waals surface area contributed by atoms with Crippen molar-refractivity contribution in [2.45, 2.75) is 0 Å². The minimum Gasteiger partial charge on any atom is -0.369 e. The molecule has 0 aliphatic carbocycles. The van der Waals surface area contributed by atoms with E-state index in [2.05, 4.69) is 43.5 Å². The van der Waals surface area contributed by atoms with Gasteiger partial charge in [0.2, 0.25) is 0 Å². The van der Waals surface area contributed by atoms with E-state index in [0.717, 1.165) is 13.7 Å². The third-order valence-electron chi connectivity index (χ3n) is 1.40. The van der Waals surface area contributed by atoms with Gasteiger partial charge in [0.25, 0.3) is 0 Å². The van der Waals surface area contributed by atoms with E-state index in [0.29, 0.717) is 5.02 Å². The summed E-state index contributed by atoms with van der Waals surface area (Å²) in [4.78, 5) is 6.22. The van der Waals surface area contributed by atoms with Crippen LogP contribution in [0.3, 0.4) is 0 Å². The first-order valence-electron chi connectivity index (χ1n) is 3.86. The summed E-state index contributed by atoms with van der Waals surface area (Å²) in [6, 6.07) is 3.72. The summed E-state index contributed by atoms with van der Waals surface area (Å²) >= 11 is 11.5. The predicted octanol–water partition coefficient (Wildman–Crippen LogP) is 3.93. The van der Waals surface area contributed by atoms with E-state index < -0.39 is 0 Å². The lowest BCUT2D eigenvalue weighted by Crippen LogP contribution is -2.07. The molecule has 14 heavy (non-hydrogen) atoms. The Morgan fingerprint density at radius 1 is 1.50 bits per heavy atom. The maximum Gasteiger partial charge on any atom is 0.0923 e. The predicted molar refractivity (Wildman–Crippen MR) is 73.7 cm³/mol. The van der Waals surface area contributed by atoms with Crippen LogP contribution in [-0.2, 0) is 0 Å². The van der Waals surface area contributed by atoms with Crippen LogP contribution in [-0.4, -0.2) is 25.3 Å². The van der Waals surface area contributed by atoms with Crippen LogP contribution in [0.25, 0.3) is 0 Å². The number of rotatable bonds is 2. The second kappa shape index (κ2) is 5.32. The molecule has 0 unspecified atom stereocenters. The molecule has 76 valence electrons. The number of benzene rings is 1. The van der Waals surface area contributed by atoms with Crippen LogP contribution in [0.2, 0.25) is 5.02 Å². The third kappa shape index (κ3) is 3.40. The van der Waals surface area contributed by atoms with Gasteiger partial charge in [0, 0.05) is 27.2 Å². The zero-order valence-corrected chi connectivity index (χ0v) is 12.3. The molecular formula is C9H9BrClIN2. The molecule has 0 fully saturated rings. The highest BCUT2D eigenvalue weighted by Crippen LogP contribution is 2.33. The molecule has 1 rings (SSSR count). The standard InChI is InChI=1S/C9H9BrClIN2/c1-14(2)5-13-9-7(10)3-6(11)4-8(9)12/h3-5H,1-2H3. The average molecular weight is 387 g/mol. The van der Waals surface area contributed by atoms with Gasteiger partial charge in [-0.1, -0.05) is 11.6 Å². The van der Waals surface area contributed by atoms with E-state index in [1.54, 1.807) is 6.34 Å². The number of hydrogen-bond acceptors (Lipinski definition) is 1. The second-order valence-corrected chi connectivity index (χ2v) is 5.38. The second-order valence-electron chi connectivity index (χ2n) is 2.93. The van der Waals surface area contributed by atoms with E-state index in [1.807, 2.05) is 31.1 Å². The van der Waals surface area contributed by atoms with Crippen LogP contribution in [0.1, 0.15) is 0 Å². The van der Waals surface area contributed by atoms with Crippen molar-refractivity contribution >= 4 is 62.1 Å². The Morgan fingerprint density at radius 3 is 2.64 bits per heavy atom. The molecule has 0 heterocycles. The lowest BCUT2D eigenvalue weighted by molar-refractivity contribution is 0.643. The highest BCUT2D eigenvalue weighted by atomic mass is 127. The van der Waals surface area contributed by atoms with Crippen molar-refractivity contribution in [3.8, 4) is 0 Å². The first-order valence-corrected chi connectivity index (χ1v) is 6.11. The maximum absolute atomic E-state index is 5.89. The molecule has 0 aliphatic heterocycles. The van der Waals surface area contributed by atoms with Crippen LogP contribution >= 0.6 is 50.1 Å². The SMILES string of the molecule is CN(C)C=Nc1c(Br)cc(Cl)cc1I. The van der Waals surface area contributed by atoms with Crippen LogP contribution in [0, 0.1) is 3.57 Å². The minimum atomic E-state index is 0.713. The summed E-state index contributed by atoms with van der Waals surface area (Å²) < 4.78 is 1.94. The summed E-state index contributed by atoms with van der Waals surface area (Å²) in [5.41, 5.74) is 0.906. The Morgan fingerprint density at radius 2 is 2.14 bits per heavy atom. The highest BCUT2D eigenvalue weighted by molar-refractivity contribution is 14.1. The molecule has 0 saturated carbocycles. The van der Waals surface area contributed by atoms with Crippen LogP contribution < -0.4 is 0 Å². The molecule has 0 amide bonds. The van der Waals surface area contributed by atoms with Gasteiger partial charge in [-0.05, 0) is 50.7 Å². The summed E-state index contributed by atoms with van der Waals surface area (Å²) in [5, 5.41) is 0.713. The van der Waals surface area contributed by atoms with Gasteiger partial charge < -0.3 is 4.90 Å². The van der Waals surface area contributed by atoms with Crippen molar-refractivity contribution in [2.24, 2.45) is 4.99 Å². The molecule has 5 heteroatoms. The topological polar surface area (TPSA) is 15.6 Å². The first-order chi connectivity index (χ1) is 6.50. The summed E-state index contributed by atoms with van der Waals surface area (Å²) in [6.45, 7) is 0. The molecule has 1 aromatic carbocycles. The van der Waals surface area contributed by atoms with Crippen LogP contribution in [0.5, 0.6) is 0 Å². The van der Waals surface area contributed by atoms with Gasteiger partial charge in [-0.3, -0.25) is 0 Å². The molecule has 0 radical (unpaired) electrons. The fourth-order valence-corrected chi connectivity index (χ4v) is 3.06. The Bertz CT molecular complexity index is 343. The van der Waals surface area contributed by atoms with E-state index in [9.17, 15) is 0 Å². The van der Waals surface area contributed by atoms with E-state index in [4.69, 9.17) is 11.6 Å². The summed E-state index contributed by atoms with van der Waals surface area (Å²) in [6.07, 6.45) is 1.76. The minimum absolute atomic E-state index is 0.713. The quantitative estimate of drug-likeness (QED) is 0.427. The smallest absolute Gasteiger partial charge is 0.0923 e. The Kier molecular flexibility index (Phi) is 4.66. The van der Waals surface area contributed by atoms with Crippen molar-refractivity contribution in [3.63, 3.8) is 0 Å². The van der Waals surface area contributed by atoms with Crippen molar-refractivity contribution in [1.82, 2.24) is 4.90 Å². The van der Waals surface area contributed by atoms with Crippen LogP contribution in [0.15, 0.2) is 21.6 Å². The van der Waals surface area contributed by atoms with E-state index in [-0.39, 0.29) is 0 Å². The van der Waals surface area contributed by atoms with Gasteiger partial charge in [0.15, 0.2) is 0 Å². The molecule has 0 N–H and O–H groups in total. The fourth-order valence-electron chi connectivity index (χ4n) is 0.831. The van der Waals surface area contributed by atoms with Gasteiger partial charge >= 0.3 is 0 Å². The number of hydrogen-bond donors (Lipinski definition) is 0. The number of nitrogens with zero attached hydrogens (tertiary/aromatic N) is 2. The maximum atomic E-state index is 5.89. The molecular weight excluding hydrogens is 378 g/mol. The molecule has 0 saturated heterocycles. The van der Waals surface area contributed by atoms with E-state index >= 15 is 0 Å². The highest BCUT2D eigenvalue weighted by Gasteiger charge is 2.04. The number of halogens is 3. The molecule has 0 bridgehead atoms. The lowest BCUT2D eigenvalue weighted by atomic mass is 10.3. The van der Waals surface area contributed by atoms with Gasteiger partial charge in [-0.15, -0.1) is 0 Å². The van der Waals surface area contributed by atoms with Crippen LogP contribution in [0.4, 0.5) is 5.69 Å².